The van der Waals surface area contributed by atoms with E-state index in [1.54, 1.807) is 7.11 Å². The van der Waals surface area contributed by atoms with Crippen LogP contribution in [0.1, 0.15) is 18.7 Å². The number of methoxy groups -OCH3 is 1. The zero-order valence-corrected chi connectivity index (χ0v) is 16.7. The standard InChI is InChI=1S/C17H21N3O2.C4H4O4/c1-21-15-4-2-13(3-5-15)17-18-16(22-19-17)10-14-11-20-8-6-12(14)7-9-20;5-3(6)1-2-4(7)8/h2-5,12,14H,6-11H2,1H3;1-2H,(H,5,6)(H,7,8)/b;2-1+. The molecule has 160 valence electrons. The number of aromatic nitrogens is 2. The average molecular weight is 415 g/mol. The number of nitrogens with zero attached hydrogens (tertiary/aromatic N) is 3. The van der Waals surface area contributed by atoms with E-state index in [4.69, 9.17) is 19.5 Å². The number of benzene rings is 1. The molecule has 0 aliphatic carbocycles. The van der Waals surface area contributed by atoms with Crippen LogP contribution in [0, 0.1) is 11.8 Å². The van der Waals surface area contributed by atoms with Crippen molar-refractivity contribution >= 4 is 11.9 Å². The Kier molecular flexibility index (Phi) is 7.18. The largest absolute Gasteiger partial charge is 0.497 e. The molecule has 5 rings (SSSR count). The second-order valence-electron chi connectivity index (χ2n) is 7.35. The van der Waals surface area contributed by atoms with Gasteiger partial charge in [0.05, 0.1) is 7.11 Å². The number of rotatable bonds is 6. The maximum Gasteiger partial charge on any atom is 0.328 e. The summed E-state index contributed by atoms with van der Waals surface area (Å²) in [5, 5.41) is 19.8. The lowest BCUT2D eigenvalue weighted by Gasteiger charge is -2.44. The molecule has 0 amide bonds. The van der Waals surface area contributed by atoms with Crippen molar-refractivity contribution in [2.24, 2.45) is 11.8 Å². The summed E-state index contributed by atoms with van der Waals surface area (Å²) < 4.78 is 10.6. The molecule has 0 spiro atoms. The summed E-state index contributed by atoms with van der Waals surface area (Å²) >= 11 is 0. The van der Waals surface area contributed by atoms with E-state index in [9.17, 15) is 9.59 Å². The van der Waals surface area contributed by atoms with Crippen LogP contribution < -0.4 is 4.74 Å². The first-order valence-corrected chi connectivity index (χ1v) is 9.78. The van der Waals surface area contributed by atoms with Crippen molar-refractivity contribution in [2.75, 3.05) is 26.7 Å². The quantitative estimate of drug-likeness (QED) is 0.684. The molecular weight excluding hydrogens is 390 g/mol. The number of ether oxygens (including phenoxy) is 1. The Morgan fingerprint density at radius 1 is 1.17 bits per heavy atom. The lowest BCUT2D eigenvalue weighted by atomic mass is 9.77. The SMILES string of the molecule is COc1ccc(-c2noc(CC3CN4CCC3CC4)n2)cc1.O=C(O)/C=C/C(=O)O. The van der Waals surface area contributed by atoms with Gasteiger partial charge in [-0.15, -0.1) is 0 Å². The van der Waals surface area contributed by atoms with Gasteiger partial charge in [-0.25, -0.2) is 9.59 Å². The van der Waals surface area contributed by atoms with Crippen LogP contribution in [0.15, 0.2) is 40.9 Å². The maximum absolute atomic E-state index is 9.55. The first-order chi connectivity index (χ1) is 14.4. The molecule has 2 bridgehead atoms. The third-order valence-electron chi connectivity index (χ3n) is 5.41. The molecule has 1 atom stereocenters. The van der Waals surface area contributed by atoms with Crippen molar-refractivity contribution in [1.29, 1.82) is 0 Å². The van der Waals surface area contributed by atoms with Gasteiger partial charge in [-0.1, -0.05) is 5.16 Å². The number of carbonyl (C=O) groups is 2. The highest BCUT2D eigenvalue weighted by molar-refractivity contribution is 5.89. The van der Waals surface area contributed by atoms with E-state index in [0.717, 1.165) is 29.5 Å². The van der Waals surface area contributed by atoms with Gasteiger partial charge >= 0.3 is 11.9 Å². The Labute approximate surface area is 174 Å². The van der Waals surface area contributed by atoms with Crippen molar-refractivity contribution in [3.8, 4) is 17.1 Å². The number of carboxylic acid groups (broad SMARTS) is 2. The van der Waals surface area contributed by atoms with Crippen LogP contribution in [-0.2, 0) is 16.0 Å². The number of hydrogen-bond acceptors (Lipinski definition) is 7. The minimum Gasteiger partial charge on any atom is -0.497 e. The van der Waals surface area contributed by atoms with Gasteiger partial charge in [-0.3, -0.25) is 0 Å². The van der Waals surface area contributed by atoms with E-state index >= 15 is 0 Å². The minimum atomic E-state index is -1.26. The molecule has 3 saturated heterocycles. The number of carboxylic acids is 2. The Hall–Kier alpha value is -3.20. The fraction of sp³-hybridized carbons (Fsp3) is 0.429. The van der Waals surface area contributed by atoms with Gasteiger partial charge in [0, 0.05) is 30.7 Å². The molecule has 30 heavy (non-hydrogen) atoms. The normalized spacial score (nSPS) is 22.4. The molecule has 9 nitrogen and oxygen atoms in total. The molecule has 3 aliphatic rings. The van der Waals surface area contributed by atoms with E-state index in [-0.39, 0.29) is 0 Å². The summed E-state index contributed by atoms with van der Waals surface area (Å²) in [6, 6.07) is 7.75. The summed E-state index contributed by atoms with van der Waals surface area (Å²) in [5.74, 6) is 1.26. The Morgan fingerprint density at radius 3 is 2.30 bits per heavy atom. The van der Waals surface area contributed by atoms with E-state index in [0.29, 0.717) is 23.9 Å². The highest BCUT2D eigenvalue weighted by Crippen LogP contribution is 2.34. The number of aliphatic carboxylic acids is 2. The lowest BCUT2D eigenvalue weighted by molar-refractivity contribution is -0.134. The van der Waals surface area contributed by atoms with E-state index in [1.807, 2.05) is 24.3 Å². The van der Waals surface area contributed by atoms with Gasteiger partial charge in [0.15, 0.2) is 0 Å². The van der Waals surface area contributed by atoms with Gasteiger partial charge < -0.3 is 24.4 Å². The zero-order valence-electron chi connectivity index (χ0n) is 16.7. The van der Waals surface area contributed by atoms with Crippen molar-refractivity contribution in [2.45, 2.75) is 19.3 Å². The summed E-state index contributed by atoms with van der Waals surface area (Å²) in [4.78, 5) is 26.2. The predicted octanol–water partition coefficient (Wildman–Crippen LogP) is 2.34. The number of fused-ring (bicyclic) bond motifs is 3. The van der Waals surface area contributed by atoms with Crippen molar-refractivity contribution in [3.63, 3.8) is 0 Å². The van der Waals surface area contributed by atoms with Gasteiger partial charge in [0.1, 0.15) is 5.75 Å². The number of hydrogen-bond donors (Lipinski definition) is 2. The smallest absolute Gasteiger partial charge is 0.328 e. The van der Waals surface area contributed by atoms with Crippen LogP contribution in [-0.4, -0.2) is 63.9 Å². The molecule has 1 unspecified atom stereocenters. The highest BCUT2D eigenvalue weighted by atomic mass is 16.5. The van der Waals surface area contributed by atoms with Crippen LogP contribution >= 0.6 is 0 Å². The maximum atomic E-state index is 9.55. The molecule has 2 aromatic rings. The molecular formula is C21H25N3O6. The Balaban J connectivity index is 0.000000275. The monoisotopic (exact) mass is 415 g/mol. The minimum absolute atomic E-state index is 0.558. The molecule has 0 radical (unpaired) electrons. The first-order valence-electron chi connectivity index (χ1n) is 9.78. The second-order valence-corrected chi connectivity index (χ2v) is 7.35. The van der Waals surface area contributed by atoms with Crippen molar-refractivity contribution < 1.29 is 29.1 Å². The fourth-order valence-corrected chi connectivity index (χ4v) is 3.88. The van der Waals surface area contributed by atoms with Crippen LogP contribution in [0.2, 0.25) is 0 Å². The summed E-state index contributed by atoms with van der Waals surface area (Å²) in [7, 11) is 1.66. The van der Waals surface area contributed by atoms with Crippen LogP contribution in [0.4, 0.5) is 0 Å². The topological polar surface area (TPSA) is 126 Å². The Morgan fingerprint density at radius 2 is 1.80 bits per heavy atom. The third-order valence-corrected chi connectivity index (χ3v) is 5.41. The van der Waals surface area contributed by atoms with E-state index in [2.05, 4.69) is 15.0 Å². The third kappa shape index (κ3) is 5.90. The first kappa shape index (κ1) is 21.5. The lowest BCUT2D eigenvalue weighted by Crippen LogP contribution is -2.48. The van der Waals surface area contributed by atoms with E-state index in [1.165, 1.54) is 32.5 Å². The summed E-state index contributed by atoms with van der Waals surface area (Å²) in [6.07, 6.45) is 4.67. The van der Waals surface area contributed by atoms with Gasteiger partial charge in [-0.05, 0) is 62.0 Å². The molecule has 1 aromatic heterocycles. The molecule has 4 heterocycles. The van der Waals surface area contributed by atoms with Crippen molar-refractivity contribution in [3.05, 3.63) is 42.3 Å². The average Bonchev–Trinajstić information content (AvgIpc) is 3.22. The Bertz CT molecular complexity index is 868. The van der Waals surface area contributed by atoms with Gasteiger partial charge in [-0.2, -0.15) is 4.98 Å². The molecule has 1 aromatic carbocycles. The number of piperidine rings is 3. The van der Waals surface area contributed by atoms with Crippen LogP contribution in [0.25, 0.3) is 11.4 Å². The van der Waals surface area contributed by atoms with Gasteiger partial charge in [0.25, 0.3) is 0 Å². The second kappa shape index (κ2) is 10.0. The van der Waals surface area contributed by atoms with E-state index < -0.39 is 11.9 Å². The molecule has 3 aliphatic heterocycles. The summed E-state index contributed by atoms with van der Waals surface area (Å²) in [5.41, 5.74) is 0.963. The zero-order chi connectivity index (χ0) is 21.5. The summed E-state index contributed by atoms with van der Waals surface area (Å²) in [6.45, 7) is 3.72. The highest BCUT2D eigenvalue weighted by Gasteiger charge is 2.35. The fourth-order valence-electron chi connectivity index (χ4n) is 3.88. The molecule has 0 saturated carbocycles. The van der Waals surface area contributed by atoms with Gasteiger partial charge in [0.2, 0.25) is 11.7 Å². The molecule has 3 fully saturated rings. The predicted molar refractivity (Wildman–Crippen MR) is 107 cm³/mol. The van der Waals surface area contributed by atoms with Crippen molar-refractivity contribution in [1.82, 2.24) is 15.0 Å². The molecule has 2 N–H and O–H groups in total. The molecule has 9 heteroatoms. The van der Waals surface area contributed by atoms with Crippen LogP contribution in [0.3, 0.4) is 0 Å². The van der Waals surface area contributed by atoms with Crippen LogP contribution in [0.5, 0.6) is 5.75 Å².